The number of nitrogens with zero attached hydrogens (tertiary/aromatic N) is 3. The van der Waals surface area contributed by atoms with E-state index in [4.69, 9.17) is 4.42 Å². The number of aliphatic hydroxyl groups is 1. The second-order valence-electron chi connectivity index (χ2n) is 6.79. The van der Waals surface area contributed by atoms with Gasteiger partial charge in [0.05, 0.1) is 17.9 Å². The number of aryl methyl sites for hydroxylation is 1. The monoisotopic (exact) mass is 369 g/mol. The summed E-state index contributed by atoms with van der Waals surface area (Å²) < 4.78 is 7.55. The Labute approximate surface area is 157 Å². The highest BCUT2D eigenvalue weighted by molar-refractivity contribution is 7.99. The molecule has 1 saturated carbocycles. The molecule has 2 heterocycles. The van der Waals surface area contributed by atoms with Crippen molar-refractivity contribution in [3.05, 3.63) is 48.4 Å². The predicted octanol–water partition coefficient (Wildman–Crippen LogP) is 4.48. The average molecular weight is 369 g/mol. The fourth-order valence-corrected chi connectivity index (χ4v) is 4.70. The van der Waals surface area contributed by atoms with Gasteiger partial charge in [0, 0.05) is 11.4 Å². The predicted molar refractivity (Wildman–Crippen MR) is 102 cm³/mol. The highest BCUT2D eigenvalue weighted by Crippen LogP contribution is 2.33. The first kappa shape index (κ1) is 17.4. The summed E-state index contributed by atoms with van der Waals surface area (Å²) in [6.45, 7) is 1.94. The summed E-state index contributed by atoms with van der Waals surface area (Å²) in [5, 5.41) is 20.0. The highest BCUT2D eigenvalue weighted by atomic mass is 32.2. The Kier molecular flexibility index (Phi) is 5.13. The average Bonchev–Trinajstić information content (AvgIpc) is 3.27. The van der Waals surface area contributed by atoms with Crippen molar-refractivity contribution in [3.8, 4) is 17.1 Å². The molecule has 6 heteroatoms. The third-order valence-corrected chi connectivity index (χ3v) is 6.16. The zero-order valence-corrected chi connectivity index (χ0v) is 15.7. The lowest BCUT2D eigenvalue weighted by atomic mass is 9.88. The maximum atomic E-state index is 10.3. The second-order valence-corrected chi connectivity index (χ2v) is 7.78. The minimum absolute atomic E-state index is 0.195. The van der Waals surface area contributed by atoms with Gasteiger partial charge in [-0.25, -0.2) is 0 Å². The van der Waals surface area contributed by atoms with Crippen LogP contribution >= 0.6 is 11.8 Å². The molecular formula is C20H23N3O2S. The third-order valence-electron chi connectivity index (χ3n) is 5.04. The number of hydrogen-bond donors (Lipinski definition) is 1. The second kappa shape index (κ2) is 7.68. The third kappa shape index (κ3) is 3.44. The minimum atomic E-state index is -0.195. The molecular weight excluding hydrogens is 346 g/mol. The molecule has 3 aromatic rings. The van der Waals surface area contributed by atoms with Crippen LogP contribution in [-0.4, -0.2) is 31.7 Å². The van der Waals surface area contributed by atoms with Crippen LogP contribution in [0.2, 0.25) is 0 Å². The maximum absolute atomic E-state index is 10.3. The van der Waals surface area contributed by atoms with E-state index in [2.05, 4.69) is 26.9 Å². The first-order valence-corrected chi connectivity index (χ1v) is 10.1. The van der Waals surface area contributed by atoms with Gasteiger partial charge in [-0.05, 0) is 43.9 Å². The Bertz CT molecular complexity index is 859. The fraction of sp³-hybridized carbons (Fsp3) is 0.400. The number of aliphatic hydroxyl groups excluding tert-OH is 1. The molecule has 0 bridgehead atoms. The number of thioether (sulfide) groups is 1. The smallest absolute Gasteiger partial charge is 0.196 e. The molecule has 0 aliphatic heterocycles. The lowest BCUT2D eigenvalue weighted by Crippen LogP contribution is -2.26. The van der Waals surface area contributed by atoms with Crippen LogP contribution in [-0.2, 0) is 0 Å². The van der Waals surface area contributed by atoms with E-state index in [1.807, 2.05) is 31.2 Å². The topological polar surface area (TPSA) is 64.1 Å². The van der Waals surface area contributed by atoms with Crippen LogP contribution < -0.4 is 0 Å². The molecule has 1 aliphatic rings. The summed E-state index contributed by atoms with van der Waals surface area (Å²) in [7, 11) is 0. The van der Waals surface area contributed by atoms with E-state index < -0.39 is 0 Å². The van der Waals surface area contributed by atoms with Gasteiger partial charge in [0.25, 0.3) is 0 Å². The van der Waals surface area contributed by atoms with Crippen molar-refractivity contribution in [2.75, 3.05) is 5.75 Å². The van der Waals surface area contributed by atoms with Gasteiger partial charge in [-0.3, -0.25) is 4.57 Å². The van der Waals surface area contributed by atoms with Crippen molar-refractivity contribution >= 4 is 11.8 Å². The molecule has 1 aliphatic carbocycles. The molecule has 0 unspecified atom stereocenters. The summed E-state index contributed by atoms with van der Waals surface area (Å²) >= 11 is 1.67. The van der Waals surface area contributed by atoms with Crippen LogP contribution in [0, 0.1) is 12.8 Å². The van der Waals surface area contributed by atoms with Crippen molar-refractivity contribution in [2.45, 2.75) is 43.9 Å². The summed E-state index contributed by atoms with van der Waals surface area (Å²) in [4.78, 5) is 0. The van der Waals surface area contributed by atoms with Crippen molar-refractivity contribution < 1.29 is 9.52 Å². The van der Waals surface area contributed by atoms with Crippen molar-refractivity contribution in [1.82, 2.24) is 14.8 Å². The van der Waals surface area contributed by atoms with Crippen molar-refractivity contribution in [2.24, 2.45) is 5.92 Å². The first-order valence-electron chi connectivity index (χ1n) is 9.10. The SMILES string of the molecule is Cc1occc1-c1nnc(SC[C@H]2CCCC[C@@H]2O)n1-c1ccccc1. The Morgan fingerprint density at radius 2 is 1.96 bits per heavy atom. The number of rotatable bonds is 5. The van der Waals surface area contributed by atoms with Crippen molar-refractivity contribution in [3.63, 3.8) is 0 Å². The lowest BCUT2D eigenvalue weighted by Gasteiger charge is -2.26. The standard InChI is InChI=1S/C20H23N3O2S/c1-14-17(11-12-25-14)19-21-22-20(23(19)16-8-3-2-4-9-16)26-13-15-7-5-6-10-18(15)24/h2-4,8-9,11-12,15,18,24H,5-7,10,13H2,1H3/t15-,18+/m1/s1. The quantitative estimate of drug-likeness (QED) is 0.672. The molecule has 0 amide bonds. The molecule has 0 spiro atoms. The van der Waals surface area contributed by atoms with Gasteiger partial charge in [0.1, 0.15) is 5.76 Å². The van der Waals surface area contributed by atoms with E-state index in [0.29, 0.717) is 5.92 Å². The van der Waals surface area contributed by atoms with Gasteiger partial charge < -0.3 is 9.52 Å². The van der Waals surface area contributed by atoms with Gasteiger partial charge in [-0.15, -0.1) is 10.2 Å². The fourth-order valence-electron chi connectivity index (χ4n) is 3.53. The van der Waals surface area contributed by atoms with Gasteiger partial charge >= 0.3 is 0 Å². The zero-order valence-electron chi connectivity index (χ0n) is 14.8. The molecule has 1 N–H and O–H groups in total. The van der Waals surface area contributed by atoms with E-state index in [1.54, 1.807) is 18.0 Å². The van der Waals surface area contributed by atoms with Gasteiger partial charge in [-0.1, -0.05) is 42.8 Å². The minimum Gasteiger partial charge on any atom is -0.469 e. The van der Waals surface area contributed by atoms with Gasteiger partial charge in [-0.2, -0.15) is 0 Å². The number of para-hydroxylation sites is 1. The van der Waals surface area contributed by atoms with Gasteiger partial charge in [0.15, 0.2) is 11.0 Å². The van der Waals surface area contributed by atoms with Gasteiger partial charge in [0.2, 0.25) is 0 Å². The number of hydrogen-bond acceptors (Lipinski definition) is 5. The maximum Gasteiger partial charge on any atom is 0.196 e. The zero-order chi connectivity index (χ0) is 17.9. The Balaban J connectivity index is 1.66. The summed E-state index contributed by atoms with van der Waals surface area (Å²) in [5.74, 6) is 2.80. The summed E-state index contributed by atoms with van der Waals surface area (Å²) in [5.41, 5.74) is 1.98. The van der Waals surface area contributed by atoms with E-state index >= 15 is 0 Å². The first-order chi connectivity index (χ1) is 12.7. The van der Waals surface area contributed by atoms with Crippen LogP contribution in [0.4, 0.5) is 0 Å². The van der Waals surface area contributed by atoms with E-state index in [-0.39, 0.29) is 6.10 Å². The molecule has 5 nitrogen and oxygen atoms in total. The van der Waals surface area contributed by atoms with Crippen molar-refractivity contribution in [1.29, 1.82) is 0 Å². The molecule has 1 aromatic carbocycles. The van der Waals surface area contributed by atoms with Crippen LogP contribution in [0.5, 0.6) is 0 Å². The molecule has 0 radical (unpaired) electrons. The van der Waals surface area contributed by atoms with E-state index in [1.165, 1.54) is 6.42 Å². The largest absolute Gasteiger partial charge is 0.469 e. The molecule has 26 heavy (non-hydrogen) atoms. The number of furan rings is 1. The van der Waals surface area contributed by atoms with Crippen LogP contribution in [0.15, 0.2) is 52.2 Å². The molecule has 4 rings (SSSR count). The summed E-state index contributed by atoms with van der Waals surface area (Å²) in [6, 6.07) is 12.1. The van der Waals surface area contributed by atoms with E-state index in [0.717, 1.165) is 53.0 Å². The number of aromatic nitrogens is 3. The molecule has 0 saturated heterocycles. The molecule has 1 fully saturated rings. The highest BCUT2D eigenvalue weighted by Gasteiger charge is 2.25. The van der Waals surface area contributed by atoms with Crippen LogP contribution in [0.25, 0.3) is 17.1 Å². The number of benzene rings is 1. The van der Waals surface area contributed by atoms with E-state index in [9.17, 15) is 5.11 Å². The lowest BCUT2D eigenvalue weighted by molar-refractivity contribution is 0.0816. The normalized spacial score (nSPS) is 20.4. The molecule has 136 valence electrons. The van der Waals surface area contributed by atoms with Crippen LogP contribution in [0.1, 0.15) is 31.4 Å². The van der Waals surface area contributed by atoms with Crippen LogP contribution in [0.3, 0.4) is 0 Å². The Hall–Kier alpha value is -2.05. The summed E-state index contributed by atoms with van der Waals surface area (Å²) in [6.07, 6.45) is 5.82. The molecule has 2 aromatic heterocycles. The Morgan fingerprint density at radius 3 is 2.69 bits per heavy atom. The Morgan fingerprint density at radius 1 is 1.15 bits per heavy atom. The molecule has 2 atom stereocenters.